The molecular weight excluding hydrogens is 343 g/mol. The van der Waals surface area contributed by atoms with Gasteiger partial charge in [0.15, 0.2) is 5.78 Å². The first kappa shape index (κ1) is 19.2. The van der Waals surface area contributed by atoms with Gasteiger partial charge >= 0.3 is 0 Å². The summed E-state index contributed by atoms with van der Waals surface area (Å²) in [5, 5.41) is 3.00. The second-order valence-electron chi connectivity index (χ2n) is 7.08. The number of hydrogen-bond acceptors (Lipinski definition) is 3. The highest BCUT2D eigenvalue weighted by molar-refractivity contribution is 6.01. The van der Waals surface area contributed by atoms with Crippen molar-refractivity contribution in [3.8, 4) is 11.1 Å². The van der Waals surface area contributed by atoms with Crippen LogP contribution in [0.25, 0.3) is 11.1 Å². The summed E-state index contributed by atoms with van der Waals surface area (Å²) in [5.41, 5.74) is 2.28. The zero-order chi connectivity index (χ0) is 19.4. The van der Waals surface area contributed by atoms with E-state index in [0.717, 1.165) is 26.1 Å². The zero-order valence-corrected chi connectivity index (χ0v) is 15.8. The zero-order valence-electron chi connectivity index (χ0n) is 15.8. The minimum atomic E-state index is -0.394. The second kappa shape index (κ2) is 8.44. The molecule has 3 rings (SSSR count). The summed E-state index contributed by atoms with van der Waals surface area (Å²) in [6.07, 6.45) is 1.11. The van der Waals surface area contributed by atoms with Gasteiger partial charge in [-0.2, -0.15) is 0 Å². The van der Waals surface area contributed by atoms with E-state index in [1.54, 1.807) is 24.3 Å². The molecule has 2 aromatic carbocycles. The molecule has 1 aliphatic heterocycles. The Kier molecular flexibility index (Phi) is 6.01. The number of benzene rings is 2. The molecule has 0 bridgehead atoms. The van der Waals surface area contributed by atoms with Crippen molar-refractivity contribution < 1.29 is 14.0 Å². The normalized spacial score (nSPS) is 17.1. The fourth-order valence-corrected chi connectivity index (χ4v) is 3.57. The van der Waals surface area contributed by atoms with Gasteiger partial charge in [-0.3, -0.25) is 9.59 Å². The molecule has 1 aliphatic rings. The van der Waals surface area contributed by atoms with Gasteiger partial charge in [0, 0.05) is 24.2 Å². The maximum absolute atomic E-state index is 13.6. The summed E-state index contributed by atoms with van der Waals surface area (Å²) in [6.45, 7) is 7.46. The van der Waals surface area contributed by atoms with Gasteiger partial charge in [0.1, 0.15) is 5.82 Å². The number of nitrogens with one attached hydrogen (secondary N) is 1. The van der Waals surface area contributed by atoms with Crippen molar-refractivity contribution >= 4 is 11.7 Å². The Morgan fingerprint density at radius 1 is 1.19 bits per heavy atom. The summed E-state index contributed by atoms with van der Waals surface area (Å²) in [4.78, 5) is 26.6. The minimum absolute atomic E-state index is 0.109. The highest BCUT2D eigenvalue weighted by Gasteiger charge is 2.21. The molecule has 142 valence electrons. The largest absolute Gasteiger partial charge is 0.352 e. The Morgan fingerprint density at radius 3 is 2.56 bits per heavy atom. The Morgan fingerprint density at radius 2 is 1.93 bits per heavy atom. The van der Waals surface area contributed by atoms with Gasteiger partial charge < -0.3 is 10.2 Å². The van der Waals surface area contributed by atoms with Crippen LogP contribution in [0.15, 0.2) is 42.5 Å². The predicted molar refractivity (Wildman–Crippen MR) is 104 cm³/mol. The molecule has 4 nitrogen and oxygen atoms in total. The number of Topliss-reactive ketones (excluding diaryl/α,β-unsaturated/α-hetero) is 1. The number of amides is 1. The Bertz CT molecular complexity index is 833. The number of ketones is 1. The third-order valence-electron chi connectivity index (χ3n) is 5.19. The quantitative estimate of drug-likeness (QED) is 0.790. The standard InChI is InChI=1S/C22H25FN2O2/c1-3-25-11-10-16(14-25)13-24-22(27)18-6-4-17(5-7-18)21-12-19(23)8-9-20(21)15(2)26/h4-9,12,16H,3,10-11,13-14H2,1-2H3,(H,24,27). The van der Waals surface area contributed by atoms with Gasteiger partial charge in [-0.15, -0.1) is 0 Å². The van der Waals surface area contributed by atoms with Crippen molar-refractivity contribution in [3.63, 3.8) is 0 Å². The van der Waals surface area contributed by atoms with Gasteiger partial charge in [0.25, 0.3) is 5.91 Å². The summed E-state index contributed by atoms with van der Waals surface area (Å²) >= 11 is 0. The van der Waals surface area contributed by atoms with Crippen LogP contribution in [-0.2, 0) is 0 Å². The van der Waals surface area contributed by atoms with E-state index in [0.29, 0.717) is 34.7 Å². The van der Waals surface area contributed by atoms with Crippen LogP contribution in [0.4, 0.5) is 4.39 Å². The SMILES string of the molecule is CCN1CCC(CNC(=O)c2ccc(-c3cc(F)ccc3C(C)=O)cc2)C1. The van der Waals surface area contributed by atoms with Crippen molar-refractivity contribution in [2.24, 2.45) is 5.92 Å². The maximum Gasteiger partial charge on any atom is 0.251 e. The van der Waals surface area contributed by atoms with Crippen molar-refractivity contribution in [1.29, 1.82) is 0 Å². The van der Waals surface area contributed by atoms with Crippen molar-refractivity contribution in [1.82, 2.24) is 10.2 Å². The first-order valence-corrected chi connectivity index (χ1v) is 9.39. The Labute approximate surface area is 159 Å². The molecule has 2 aromatic rings. The predicted octanol–water partition coefficient (Wildman–Crippen LogP) is 3.77. The van der Waals surface area contributed by atoms with Gasteiger partial charge in [-0.1, -0.05) is 19.1 Å². The van der Waals surface area contributed by atoms with Crippen LogP contribution in [0.3, 0.4) is 0 Å². The summed E-state index contributed by atoms with van der Waals surface area (Å²) in [7, 11) is 0. The fourth-order valence-electron chi connectivity index (χ4n) is 3.57. The van der Waals surface area contributed by atoms with E-state index in [-0.39, 0.29) is 11.7 Å². The molecule has 1 fully saturated rings. The molecule has 1 amide bonds. The van der Waals surface area contributed by atoms with Crippen LogP contribution in [0.2, 0.25) is 0 Å². The third kappa shape index (κ3) is 4.61. The van der Waals surface area contributed by atoms with Crippen LogP contribution >= 0.6 is 0 Å². The molecule has 1 saturated heterocycles. The third-order valence-corrected chi connectivity index (χ3v) is 5.19. The fraction of sp³-hybridized carbons (Fsp3) is 0.364. The van der Waals surface area contributed by atoms with Crippen LogP contribution < -0.4 is 5.32 Å². The number of hydrogen-bond donors (Lipinski definition) is 1. The molecule has 1 unspecified atom stereocenters. The van der Waals surface area contributed by atoms with Gasteiger partial charge in [-0.05, 0) is 73.8 Å². The summed E-state index contributed by atoms with van der Waals surface area (Å²) < 4.78 is 13.6. The van der Waals surface area contributed by atoms with E-state index < -0.39 is 5.82 Å². The number of halogens is 1. The molecule has 0 aromatic heterocycles. The monoisotopic (exact) mass is 368 g/mol. The van der Waals surface area contributed by atoms with Gasteiger partial charge in [-0.25, -0.2) is 4.39 Å². The van der Waals surface area contributed by atoms with E-state index >= 15 is 0 Å². The molecule has 0 aliphatic carbocycles. The van der Waals surface area contributed by atoms with Crippen molar-refractivity contribution in [3.05, 3.63) is 59.4 Å². The molecule has 1 N–H and O–H groups in total. The Balaban J connectivity index is 1.68. The van der Waals surface area contributed by atoms with E-state index in [9.17, 15) is 14.0 Å². The highest BCUT2D eigenvalue weighted by Crippen LogP contribution is 2.26. The van der Waals surface area contributed by atoms with Gasteiger partial charge in [0.2, 0.25) is 0 Å². The topological polar surface area (TPSA) is 49.4 Å². The minimum Gasteiger partial charge on any atom is -0.352 e. The number of carbonyl (C=O) groups excluding carboxylic acids is 2. The molecule has 1 atom stereocenters. The smallest absolute Gasteiger partial charge is 0.251 e. The molecule has 27 heavy (non-hydrogen) atoms. The lowest BCUT2D eigenvalue weighted by molar-refractivity contribution is 0.0946. The second-order valence-corrected chi connectivity index (χ2v) is 7.08. The highest BCUT2D eigenvalue weighted by atomic mass is 19.1. The lowest BCUT2D eigenvalue weighted by Gasteiger charge is -2.14. The number of nitrogens with zero attached hydrogens (tertiary/aromatic N) is 1. The molecule has 0 radical (unpaired) electrons. The van der Waals surface area contributed by atoms with Crippen LogP contribution in [-0.4, -0.2) is 42.8 Å². The van der Waals surface area contributed by atoms with Crippen molar-refractivity contribution in [2.75, 3.05) is 26.2 Å². The van der Waals surface area contributed by atoms with E-state index in [4.69, 9.17) is 0 Å². The van der Waals surface area contributed by atoms with Crippen LogP contribution in [0.5, 0.6) is 0 Å². The molecule has 1 heterocycles. The number of rotatable bonds is 6. The van der Waals surface area contributed by atoms with Crippen molar-refractivity contribution in [2.45, 2.75) is 20.3 Å². The van der Waals surface area contributed by atoms with Gasteiger partial charge in [0.05, 0.1) is 0 Å². The van der Waals surface area contributed by atoms with E-state index in [2.05, 4.69) is 17.1 Å². The Hall–Kier alpha value is -2.53. The first-order chi connectivity index (χ1) is 13.0. The molecule has 0 spiro atoms. The van der Waals surface area contributed by atoms with Crippen LogP contribution in [0, 0.1) is 11.7 Å². The summed E-state index contributed by atoms with van der Waals surface area (Å²) in [6, 6.07) is 11.1. The maximum atomic E-state index is 13.6. The summed E-state index contributed by atoms with van der Waals surface area (Å²) in [5.74, 6) is -0.125. The van der Waals surface area contributed by atoms with Crippen LogP contribution in [0.1, 0.15) is 41.0 Å². The first-order valence-electron chi connectivity index (χ1n) is 9.39. The van der Waals surface area contributed by atoms with E-state index in [1.807, 2.05) is 0 Å². The lowest BCUT2D eigenvalue weighted by atomic mass is 9.96. The lowest BCUT2D eigenvalue weighted by Crippen LogP contribution is -2.30. The number of carbonyl (C=O) groups is 2. The van der Waals surface area contributed by atoms with E-state index in [1.165, 1.54) is 25.1 Å². The molecule has 5 heteroatoms. The molecule has 0 saturated carbocycles. The average molecular weight is 368 g/mol. The molecular formula is C22H25FN2O2. The number of likely N-dealkylation sites (tertiary alicyclic amines) is 1. The average Bonchev–Trinajstić information content (AvgIpc) is 3.14.